The molecule has 3 N–H and O–H groups in total. The lowest BCUT2D eigenvalue weighted by molar-refractivity contribution is 0.0697. The summed E-state index contributed by atoms with van der Waals surface area (Å²) in [4.78, 5) is 39.0. The largest absolute Gasteiger partial charge is 0.478 e. The van der Waals surface area contributed by atoms with Crippen molar-refractivity contribution < 1.29 is 19.4 Å². The van der Waals surface area contributed by atoms with E-state index >= 15 is 0 Å². The number of amides is 1. The van der Waals surface area contributed by atoms with Crippen molar-refractivity contribution in [2.75, 3.05) is 5.32 Å². The number of carboxylic acid groups (broad SMARTS) is 1. The molecule has 0 aliphatic carbocycles. The molecule has 0 aliphatic heterocycles. The predicted octanol–water partition coefficient (Wildman–Crippen LogP) is 1.22. The molecule has 0 unspecified atom stereocenters. The van der Waals surface area contributed by atoms with Crippen molar-refractivity contribution in [2.24, 2.45) is 0 Å². The summed E-state index contributed by atoms with van der Waals surface area (Å²) >= 11 is 0. The number of rotatable bonds is 4. The molecule has 0 atom stereocenters. The Bertz CT molecular complexity index is 711. The number of aromatic amines is 1. The van der Waals surface area contributed by atoms with Crippen molar-refractivity contribution in [3.63, 3.8) is 0 Å². The van der Waals surface area contributed by atoms with Crippen LogP contribution in [-0.4, -0.2) is 27.1 Å². The SMILES string of the molecule is O=C(Nc1[nH]c(=O)ncc1C(=O)O)OCc1ccccc1. The van der Waals surface area contributed by atoms with Crippen LogP contribution in [0.15, 0.2) is 41.3 Å². The standard InChI is InChI=1S/C13H11N3O5/c17-11(18)9-6-14-12(19)15-10(9)16-13(20)21-7-8-4-2-1-3-5-8/h1-6H,7H2,(H,17,18)(H2,14,15,16,19,20). The molecule has 0 saturated heterocycles. The molecule has 8 nitrogen and oxygen atoms in total. The summed E-state index contributed by atoms with van der Waals surface area (Å²) in [6.07, 6.45) is -0.0308. The molecule has 1 aromatic carbocycles. The highest BCUT2D eigenvalue weighted by molar-refractivity contribution is 5.96. The third-order valence-corrected chi connectivity index (χ3v) is 2.48. The zero-order valence-electron chi connectivity index (χ0n) is 10.7. The van der Waals surface area contributed by atoms with Crippen molar-refractivity contribution in [2.45, 2.75) is 6.61 Å². The van der Waals surface area contributed by atoms with Gasteiger partial charge in [0.1, 0.15) is 18.0 Å². The average Bonchev–Trinajstić information content (AvgIpc) is 2.46. The van der Waals surface area contributed by atoms with Gasteiger partial charge in [-0.25, -0.2) is 19.4 Å². The van der Waals surface area contributed by atoms with Crippen molar-refractivity contribution >= 4 is 17.9 Å². The first-order valence-corrected chi connectivity index (χ1v) is 5.86. The van der Waals surface area contributed by atoms with E-state index in [2.05, 4.69) is 15.3 Å². The third kappa shape index (κ3) is 3.90. The summed E-state index contributed by atoms with van der Waals surface area (Å²) < 4.78 is 4.92. The molecule has 2 rings (SSSR count). The maximum atomic E-state index is 11.6. The zero-order chi connectivity index (χ0) is 15.2. The topological polar surface area (TPSA) is 121 Å². The van der Waals surface area contributed by atoms with E-state index in [1.54, 1.807) is 24.3 Å². The van der Waals surface area contributed by atoms with Crippen LogP contribution in [0, 0.1) is 0 Å². The van der Waals surface area contributed by atoms with Crippen LogP contribution < -0.4 is 11.0 Å². The molecule has 21 heavy (non-hydrogen) atoms. The van der Waals surface area contributed by atoms with Crippen LogP contribution >= 0.6 is 0 Å². The summed E-state index contributed by atoms with van der Waals surface area (Å²) in [5, 5.41) is 11.1. The molecule has 0 spiro atoms. The lowest BCUT2D eigenvalue weighted by Crippen LogP contribution is -2.22. The Morgan fingerprint density at radius 3 is 2.67 bits per heavy atom. The summed E-state index contributed by atoms with van der Waals surface area (Å²) in [5.41, 5.74) is -0.348. The van der Waals surface area contributed by atoms with Gasteiger partial charge in [-0.05, 0) is 5.56 Å². The van der Waals surface area contributed by atoms with Gasteiger partial charge in [0.05, 0.1) is 6.20 Å². The second kappa shape index (κ2) is 6.33. The molecule has 1 amide bonds. The second-order valence-electron chi connectivity index (χ2n) is 3.97. The molecular weight excluding hydrogens is 278 g/mol. The molecule has 2 aromatic rings. The third-order valence-electron chi connectivity index (χ3n) is 2.48. The summed E-state index contributed by atoms with van der Waals surface area (Å²) in [7, 11) is 0. The highest BCUT2D eigenvalue weighted by Crippen LogP contribution is 2.09. The summed E-state index contributed by atoms with van der Waals surface area (Å²) in [6.45, 7) is 0.0182. The number of carboxylic acids is 1. The minimum absolute atomic E-state index is 0.0182. The Morgan fingerprint density at radius 2 is 2.00 bits per heavy atom. The first kappa shape index (κ1) is 14.3. The highest BCUT2D eigenvalue weighted by Gasteiger charge is 2.14. The molecule has 0 saturated carbocycles. The fraction of sp³-hybridized carbons (Fsp3) is 0.0769. The van der Waals surface area contributed by atoms with Crippen LogP contribution in [0.1, 0.15) is 15.9 Å². The van der Waals surface area contributed by atoms with Crippen molar-refractivity contribution in [3.8, 4) is 0 Å². The number of anilines is 1. The van der Waals surface area contributed by atoms with Gasteiger partial charge < -0.3 is 9.84 Å². The van der Waals surface area contributed by atoms with Crippen LogP contribution in [0.5, 0.6) is 0 Å². The Labute approximate surface area is 118 Å². The van der Waals surface area contributed by atoms with E-state index in [0.29, 0.717) is 0 Å². The molecule has 108 valence electrons. The Kier molecular flexibility index (Phi) is 4.30. The van der Waals surface area contributed by atoms with Crippen LogP contribution in [0.25, 0.3) is 0 Å². The monoisotopic (exact) mass is 289 g/mol. The first-order chi connectivity index (χ1) is 10.1. The van der Waals surface area contributed by atoms with Gasteiger partial charge in [-0.1, -0.05) is 30.3 Å². The molecule has 0 aliphatic rings. The number of benzene rings is 1. The smallest absolute Gasteiger partial charge is 0.413 e. The van der Waals surface area contributed by atoms with Gasteiger partial charge in [-0.15, -0.1) is 0 Å². The van der Waals surface area contributed by atoms with Gasteiger partial charge in [0, 0.05) is 0 Å². The van der Waals surface area contributed by atoms with E-state index in [1.807, 2.05) is 6.07 Å². The molecule has 8 heteroatoms. The maximum absolute atomic E-state index is 11.6. The van der Waals surface area contributed by atoms with Gasteiger partial charge in [0.25, 0.3) is 0 Å². The van der Waals surface area contributed by atoms with E-state index < -0.39 is 17.8 Å². The van der Waals surface area contributed by atoms with Crippen LogP contribution in [0.3, 0.4) is 0 Å². The number of ether oxygens (including phenoxy) is 1. The number of nitrogens with zero attached hydrogens (tertiary/aromatic N) is 1. The van der Waals surface area contributed by atoms with Gasteiger partial charge in [0.2, 0.25) is 0 Å². The number of nitrogens with one attached hydrogen (secondary N) is 2. The van der Waals surface area contributed by atoms with Gasteiger partial charge in [-0.2, -0.15) is 0 Å². The van der Waals surface area contributed by atoms with E-state index in [1.165, 1.54) is 0 Å². The van der Waals surface area contributed by atoms with E-state index in [-0.39, 0.29) is 18.0 Å². The van der Waals surface area contributed by atoms with Crippen molar-refractivity contribution in [3.05, 3.63) is 58.1 Å². The minimum atomic E-state index is -1.34. The number of hydrogen-bond acceptors (Lipinski definition) is 5. The van der Waals surface area contributed by atoms with Gasteiger partial charge >= 0.3 is 17.8 Å². The molecule has 1 heterocycles. The Balaban J connectivity index is 2.04. The van der Waals surface area contributed by atoms with Crippen molar-refractivity contribution in [1.82, 2.24) is 9.97 Å². The quantitative estimate of drug-likeness (QED) is 0.778. The molecule has 1 aromatic heterocycles. The summed E-state index contributed by atoms with van der Waals surface area (Å²) in [5.74, 6) is -1.61. The van der Waals surface area contributed by atoms with E-state index in [9.17, 15) is 14.4 Å². The Hall–Kier alpha value is -3.16. The number of H-pyrrole nitrogens is 1. The second-order valence-corrected chi connectivity index (χ2v) is 3.97. The van der Waals surface area contributed by atoms with Crippen LogP contribution in [0.4, 0.5) is 10.6 Å². The number of hydrogen-bond donors (Lipinski definition) is 3. The van der Waals surface area contributed by atoms with Crippen LogP contribution in [-0.2, 0) is 11.3 Å². The van der Waals surface area contributed by atoms with Crippen molar-refractivity contribution in [1.29, 1.82) is 0 Å². The van der Waals surface area contributed by atoms with Gasteiger partial charge in [0.15, 0.2) is 0 Å². The number of carbonyl (C=O) groups is 2. The minimum Gasteiger partial charge on any atom is -0.478 e. The summed E-state index contributed by atoms with van der Waals surface area (Å²) in [6, 6.07) is 8.94. The van der Waals surface area contributed by atoms with E-state index in [4.69, 9.17) is 9.84 Å². The van der Waals surface area contributed by atoms with E-state index in [0.717, 1.165) is 11.8 Å². The fourth-order valence-electron chi connectivity index (χ4n) is 1.52. The Morgan fingerprint density at radius 1 is 1.29 bits per heavy atom. The molecular formula is C13H11N3O5. The lowest BCUT2D eigenvalue weighted by Gasteiger charge is -2.08. The number of carbonyl (C=O) groups excluding carboxylic acids is 1. The molecule has 0 bridgehead atoms. The van der Waals surface area contributed by atoms with Crippen LogP contribution in [0.2, 0.25) is 0 Å². The number of aromatic nitrogens is 2. The molecule has 0 radical (unpaired) electrons. The average molecular weight is 289 g/mol. The number of aromatic carboxylic acids is 1. The predicted molar refractivity (Wildman–Crippen MR) is 72.1 cm³/mol. The fourth-order valence-corrected chi connectivity index (χ4v) is 1.52. The van der Waals surface area contributed by atoms with Gasteiger partial charge in [-0.3, -0.25) is 10.3 Å². The first-order valence-electron chi connectivity index (χ1n) is 5.86. The maximum Gasteiger partial charge on any atom is 0.413 e. The zero-order valence-corrected chi connectivity index (χ0v) is 10.7. The normalized spacial score (nSPS) is 9.90. The lowest BCUT2D eigenvalue weighted by atomic mass is 10.2. The highest BCUT2D eigenvalue weighted by atomic mass is 16.5. The molecule has 0 fully saturated rings.